The molecule has 3 unspecified atom stereocenters. The number of rotatable bonds is 5. The van der Waals surface area contributed by atoms with E-state index in [0.29, 0.717) is 36.3 Å². The van der Waals surface area contributed by atoms with Crippen molar-refractivity contribution in [1.29, 1.82) is 0 Å². The molecule has 2 N–H and O–H groups in total. The van der Waals surface area contributed by atoms with E-state index in [-0.39, 0.29) is 28.2 Å². The number of ketones is 1. The number of halogens is 1. The predicted molar refractivity (Wildman–Crippen MR) is 125 cm³/mol. The van der Waals surface area contributed by atoms with Crippen molar-refractivity contribution in [3.8, 4) is 11.5 Å². The number of carbonyl (C=O) groups excluding carboxylic acids is 2. The second kappa shape index (κ2) is 9.32. The summed E-state index contributed by atoms with van der Waals surface area (Å²) in [6, 6.07) is 13.1. The summed E-state index contributed by atoms with van der Waals surface area (Å²) in [6.07, 6.45) is 0.935. The van der Waals surface area contributed by atoms with Gasteiger partial charge in [-0.3, -0.25) is 9.59 Å². The molecular weight excluding hydrogens is 442 g/mol. The maximum atomic E-state index is 13.5. The lowest BCUT2D eigenvalue weighted by molar-refractivity contribution is -0.144. The Kier molecular flexibility index (Phi) is 6.47. The highest BCUT2D eigenvalue weighted by Crippen LogP contribution is 2.49. The van der Waals surface area contributed by atoms with Crippen LogP contribution in [-0.2, 0) is 14.3 Å². The largest absolute Gasteiger partial charge is 0.503 e. The van der Waals surface area contributed by atoms with Gasteiger partial charge in [-0.05, 0) is 42.5 Å². The zero-order chi connectivity index (χ0) is 23.7. The number of methoxy groups -OCH3 is 1. The van der Waals surface area contributed by atoms with E-state index in [4.69, 9.17) is 21.1 Å². The number of benzene rings is 2. The summed E-state index contributed by atoms with van der Waals surface area (Å²) in [4.78, 5) is 26.3. The van der Waals surface area contributed by atoms with Gasteiger partial charge in [-0.1, -0.05) is 48.5 Å². The molecule has 0 saturated heterocycles. The topological polar surface area (TPSA) is 84.9 Å². The fourth-order valence-electron chi connectivity index (χ4n) is 4.81. The Morgan fingerprint density at radius 1 is 1.21 bits per heavy atom. The molecule has 6 nitrogen and oxygen atoms in total. The van der Waals surface area contributed by atoms with Crippen LogP contribution < -0.4 is 10.1 Å². The summed E-state index contributed by atoms with van der Waals surface area (Å²) in [7, 11) is 1.31. The maximum Gasteiger partial charge on any atom is 0.315 e. The van der Waals surface area contributed by atoms with Gasteiger partial charge >= 0.3 is 5.97 Å². The first-order chi connectivity index (χ1) is 15.8. The molecular formula is C26H26ClNO5. The zero-order valence-electron chi connectivity index (χ0n) is 18.6. The number of Topliss-reactive ketones (excluding diaryl/α,β-unsaturated/α-hetero) is 1. The molecule has 7 heteroatoms. The van der Waals surface area contributed by atoms with Gasteiger partial charge in [0.25, 0.3) is 0 Å². The van der Waals surface area contributed by atoms with E-state index in [1.54, 1.807) is 19.1 Å². The third-order valence-electron chi connectivity index (χ3n) is 6.27. The van der Waals surface area contributed by atoms with Crippen LogP contribution in [0.5, 0.6) is 11.5 Å². The van der Waals surface area contributed by atoms with Crippen molar-refractivity contribution in [3.05, 3.63) is 82.2 Å². The Bertz CT molecular complexity index is 1140. The Morgan fingerprint density at radius 2 is 1.94 bits per heavy atom. The first kappa shape index (κ1) is 22.9. The molecule has 1 aliphatic carbocycles. The van der Waals surface area contributed by atoms with Gasteiger partial charge < -0.3 is 19.9 Å². The molecule has 1 aliphatic heterocycles. The standard InChI is InChI=1S/C26H26ClNO5/c1-4-33-21-13-17(10-18(27)25(21)30)23-22(26(31)32-3)14(2)28-19-11-16(12-20(29)24(19)23)15-8-6-5-7-9-15/h5-10,13,16,22-23,28,30H,2,4,11-12H2,1,3H3. The van der Waals surface area contributed by atoms with E-state index >= 15 is 0 Å². The number of allylic oxidation sites excluding steroid dienone is 2. The van der Waals surface area contributed by atoms with Gasteiger partial charge in [0.2, 0.25) is 0 Å². The van der Waals surface area contributed by atoms with Crippen LogP contribution in [0.2, 0.25) is 5.02 Å². The van der Waals surface area contributed by atoms with Gasteiger partial charge in [-0.25, -0.2) is 0 Å². The minimum absolute atomic E-state index is 0.0236. The second-order valence-electron chi connectivity index (χ2n) is 8.24. The van der Waals surface area contributed by atoms with Crippen LogP contribution in [0.25, 0.3) is 0 Å². The van der Waals surface area contributed by atoms with Crippen LogP contribution in [0.1, 0.15) is 42.7 Å². The van der Waals surface area contributed by atoms with Crippen molar-refractivity contribution in [3.63, 3.8) is 0 Å². The lowest BCUT2D eigenvalue weighted by Crippen LogP contribution is -2.42. The second-order valence-corrected chi connectivity index (χ2v) is 8.65. The summed E-state index contributed by atoms with van der Waals surface area (Å²) in [5, 5.41) is 13.6. The molecule has 0 aromatic heterocycles. The quantitative estimate of drug-likeness (QED) is 0.612. The summed E-state index contributed by atoms with van der Waals surface area (Å²) in [6.45, 7) is 6.19. The smallest absolute Gasteiger partial charge is 0.315 e. The third-order valence-corrected chi connectivity index (χ3v) is 6.56. The summed E-state index contributed by atoms with van der Waals surface area (Å²) >= 11 is 6.30. The molecule has 172 valence electrons. The molecule has 33 heavy (non-hydrogen) atoms. The Hall–Kier alpha value is -3.25. The molecule has 0 spiro atoms. The normalized spacial score (nSPS) is 22.5. The molecule has 0 saturated carbocycles. The van der Waals surface area contributed by atoms with Crippen LogP contribution in [0.15, 0.2) is 66.0 Å². The number of esters is 1. The lowest BCUT2D eigenvalue weighted by atomic mass is 9.69. The number of carbonyl (C=O) groups is 2. The maximum absolute atomic E-state index is 13.5. The van der Waals surface area contributed by atoms with Gasteiger partial charge in [-0.2, -0.15) is 0 Å². The van der Waals surface area contributed by atoms with Crippen molar-refractivity contribution < 1.29 is 24.2 Å². The number of phenols is 1. The molecule has 4 rings (SSSR count). The number of hydrogen-bond donors (Lipinski definition) is 2. The SMILES string of the molecule is C=C1NC2=C(C(=O)CC(c3ccccc3)C2)C(c2cc(Cl)c(O)c(OCC)c2)C1C(=O)OC. The minimum Gasteiger partial charge on any atom is -0.503 e. The highest BCUT2D eigenvalue weighted by molar-refractivity contribution is 6.32. The molecule has 2 aromatic rings. The van der Waals surface area contributed by atoms with E-state index in [2.05, 4.69) is 11.9 Å². The fourth-order valence-corrected chi connectivity index (χ4v) is 5.03. The Morgan fingerprint density at radius 3 is 2.61 bits per heavy atom. The van der Waals surface area contributed by atoms with Crippen LogP contribution in [0, 0.1) is 5.92 Å². The van der Waals surface area contributed by atoms with E-state index < -0.39 is 17.8 Å². The van der Waals surface area contributed by atoms with Gasteiger partial charge in [0, 0.05) is 29.3 Å². The van der Waals surface area contributed by atoms with Crippen molar-refractivity contribution in [2.75, 3.05) is 13.7 Å². The average molecular weight is 468 g/mol. The van der Waals surface area contributed by atoms with Crippen LogP contribution in [-0.4, -0.2) is 30.6 Å². The fraction of sp³-hybridized carbons (Fsp3) is 0.308. The average Bonchev–Trinajstić information content (AvgIpc) is 2.81. The van der Waals surface area contributed by atoms with Crippen LogP contribution in [0.4, 0.5) is 0 Å². The van der Waals surface area contributed by atoms with E-state index in [9.17, 15) is 14.7 Å². The molecule has 0 fully saturated rings. The summed E-state index contributed by atoms with van der Waals surface area (Å²) in [5.41, 5.74) is 3.39. The molecule has 0 radical (unpaired) electrons. The number of aromatic hydroxyl groups is 1. The van der Waals surface area contributed by atoms with Gasteiger partial charge in [-0.15, -0.1) is 0 Å². The number of nitrogens with one attached hydrogen (secondary N) is 1. The highest BCUT2D eigenvalue weighted by atomic mass is 35.5. The Labute approximate surface area is 197 Å². The summed E-state index contributed by atoms with van der Waals surface area (Å²) in [5.74, 6) is -2.02. The van der Waals surface area contributed by atoms with E-state index in [0.717, 1.165) is 11.3 Å². The number of ether oxygens (including phenoxy) is 2. The monoisotopic (exact) mass is 467 g/mol. The first-order valence-corrected chi connectivity index (χ1v) is 11.2. The lowest BCUT2D eigenvalue weighted by Gasteiger charge is -2.40. The van der Waals surface area contributed by atoms with Crippen molar-refractivity contribution in [1.82, 2.24) is 5.32 Å². The number of hydrogen-bond acceptors (Lipinski definition) is 6. The van der Waals surface area contributed by atoms with Gasteiger partial charge in [0.1, 0.15) is 5.92 Å². The summed E-state index contributed by atoms with van der Waals surface area (Å²) < 4.78 is 10.6. The van der Waals surface area contributed by atoms with Crippen LogP contribution >= 0.6 is 11.6 Å². The molecule has 3 atom stereocenters. The third kappa shape index (κ3) is 4.23. The molecule has 1 heterocycles. The minimum atomic E-state index is -0.832. The van der Waals surface area contributed by atoms with Crippen molar-refractivity contribution in [2.45, 2.75) is 31.6 Å². The Balaban J connectivity index is 1.86. The molecule has 0 amide bonds. The molecule has 0 bridgehead atoms. The van der Waals surface area contributed by atoms with Gasteiger partial charge in [0.15, 0.2) is 17.3 Å². The predicted octanol–water partition coefficient (Wildman–Crippen LogP) is 4.83. The van der Waals surface area contributed by atoms with Crippen molar-refractivity contribution >= 4 is 23.4 Å². The molecule has 2 aliphatic rings. The van der Waals surface area contributed by atoms with E-state index in [1.807, 2.05) is 30.3 Å². The molecule has 2 aromatic carbocycles. The number of phenolic OH excluding ortho intramolecular Hbond substituents is 1. The first-order valence-electron chi connectivity index (χ1n) is 10.9. The zero-order valence-corrected chi connectivity index (χ0v) is 19.3. The highest BCUT2D eigenvalue weighted by Gasteiger charge is 2.45. The van der Waals surface area contributed by atoms with Crippen LogP contribution in [0.3, 0.4) is 0 Å². The van der Waals surface area contributed by atoms with Gasteiger partial charge in [0.05, 0.1) is 18.7 Å². The van der Waals surface area contributed by atoms with E-state index in [1.165, 1.54) is 7.11 Å². The van der Waals surface area contributed by atoms with Crippen molar-refractivity contribution in [2.24, 2.45) is 5.92 Å².